The third kappa shape index (κ3) is 5.54. The lowest BCUT2D eigenvalue weighted by Crippen LogP contribution is -2.63. The number of carbonyl (C=O) groups is 1. The van der Waals surface area contributed by atoms with Gasteiger partial charge >= 0.3 is 5.97 Å². The topological polar surface area (TPSA) is 71.0 Å². The van der Waals surface area contributed by atoms with Crippen molar-refractivity contribution in [1.82, 2.24) is 10.2 Å². The Hall–Kier alpha value is -0.690. The van der Waals surface area contributed by atoms with Crippen LogP contribution >= 0.6 is 0 Å². The van der Waals surface area contributed by atoms with Crippen LogP contribution in [0.5, 0.6) is 0 Å². The van der Waals surface area contributed by atoms with E-state index in [1.54, 1.807) is 14.2 Å². The fraction of sp³-hybridized carbons (Fsp3) is 0.933. The molecule has 1 fully saturated rings. The highest BCUT2D eigenvalue weighted by atomic mass is 16.5. The summed E-state index contributed by atoms with van der Waals surface area (Å²) in [5.41, 5.74) is -0.865. The van der Waals surface area contributed by atoms with Gasteiger partial charge in [-0.2, -0.15) is 0 Å². The first-order valence-corrected chi connectivity index (χ1v) is 7.67. The summed E-state index contributed by atoms with van der Waals surface area (Å²) < 4.78 is 10.3. The smallest absolute Gasteiger partial charge is 0.325 e. The molecule has 0 bridgehead atoms. The Morgan fingerprint density at radius 1 is 1.29 bits per heavy atom. The van der Waals surface area contributed by atoms with Crippen molar-refractivity contribution in [2.75, 3.05) is 47.1 Å². The normalized spacial score (nSPS) is 18.2. The Bertz CT molecular complexity index is 313. The average molecular weight is 302 g/mol. The summed E-state index contributed by atoms with van der Waals surface area (Å²) in [6.07, 6.45) is 1.96. The highest BCUT2D eigenvalue weighted by molar-refractivity contribution is 5.80. The van der Waals surface area contributed by atoms with Gasteiger partial charge in [0.05, 0.1) is 13.2 Å². The molecule has 2 N–H and O–H groups in total. The Kier molecular flexibility index (Phi) is 7.59. The van der Waals surface area contributed by atoms with Gasteiger partial charge in [-0.15, -0.1) is 0 Å². The van der Waals surface area contributed by atoms with Crippen LogP contribution in [0.4, 0.5) is 0 Å². The third-order valence-corrected chi connectivity index (χ3v) is 3.90. The molecule has 0 aromatic heterocycles. The quantitative estimate of drug-likeness (QED) is 0.556. The number of carboxylic acids is 1. The monoisotopic (exact) mass is 302 g/mol. The molecule has 0 spiro atoms. The molecular formula is C15H30N2O4. The Morgan fingerprint density at radius 2 is 1.81 bits per heavy atom. The van der Waals surface area contributed by atoms with Crippen molar-refractivity contribution >= 4 is 5.97 Å². The molecule has 0 amide bonds. The van der Waals surface area contributed by atoms with E-state index in [0.717, 1.165) is 12.8 Å². The van der Waals surface area contributed by atoms with E-state index < -0.39 is 11.5 Å². The fourth-order valence-electron chi connectivity index (χ4n) is 2.75. The maximum atomic E-state index is 12.0. The van der Waals surface area contributed by atoms with Crippen LogP contribution in [0.3, 0.4) is 0 Å². The number of aliphatic carboxylic acids is 1. The molecule has 21 heavy (non-hydrogen) atoms. The van der Waals surface area contributed by atoms with Crippen molar-refractivity contribution in [2.24, 2.45) is 5.92 Å². The van der Waals surface area contributed by atoms with Gasteiger partial charge in [-0.05, 0) is 32.6 Å². The lowest BCUT2D eigenvalue weighted by atomic mass is 9.91. The zero-order chi connectivity index (χ0) is 15.9. The standard InChI is InChI=1S/C15H30N2O4/c1-12(2)16-15(14(18)19,13-5-6-13)11-17(7-9-20-3)8-10-21-4/h12-13,16H,5-11H2,1-4H3,(H,18,19). The summed E-state index contributed by atoms with van der Waals surface area (Å²) in [4.78, 5) is 14.1. The first-order chi connectivity index (χ1) is 9.96. The molecule has 0 heterocycles. The van der Waals surface area contributed by atoms with E-state index in [9.17, 15) is 9.90 Å². The average Bonchev–Trinajstić information content (AvgIpc) is 3.24. The van der Waals surface area contributed by atoms with Crippen LogP contribution < -0.4 is 5.32 Å². The van der Waals surface area contributed by atoms with Gasteiger partial charge in [0.1, 0.15) is 5.54 Å². The Balaban J connectivity index is 2.81. The molecule has 0 saturated heterocycles. The molecule has 0 aromatic carbocycles. The maximum absolute atomic E-state index is 12.0. The minimum Gasteiger partial charge on any atom is -0.480 e. The number of nitrogens with one attached hydrogen (secondary N) is 1. The summed E-state index contributed by atoms with van der Waals surface area (Å²) in [6.45, 7) is 7.07. The van der Waals surface area contributed by atoms with Crippen LogP contribution in [0.15, 0.2) is 0 Å². The lowest BCUT2D eigenvalue weighted by Gasteiger charge is -2.37. The largest absolute Gasteiger partial charge is 0.480 e. The SMILES string of the molecule is COCCN(CCOC)CC(NC(C)C)(C(=O)O)C1CC1. The van der Waals surface area contributed by atoms with E-state index in [1.807, 2.05) is 13.8 Å². The number of carboxylic acid groups (broad SMARTS) is 1. The minimum atomic E-state index is -0.865. The predicted octanol–water partition coefficient (Wildman–Crippen LogP) is 0.813. The molecule has 1 saturated carbocycles. The third-order valence-electron chi connectivity index (χ3n) is 3.90. The van der Waals surface area contributed by atoms with Gasteiger partial charge in [-0.1, -0.05) is 0 Å². The zero-order valence-corrected chi connectivity index (χ0v) is 13.7. The van der Waals surface area contributed by atoms with Crippen molar-refractivity contribution < 1.29 is 19.4 Å². The van der Waals surface area contributed by atoms with Gasteiger partial charge in [0.2, 0.25) is 0 Å². The maximum Gasteiger partial charge on any atom is 0.325 e. The van der Waals surface area contributed by atoms with Crippen LogP contribution in [0, 0.1) is 5.92 Å². The molecule has 1 rings (SSSR count). The van der Waals surface area contributed by atoms with Gasteiger partial charge in [-0.25, -0.2) is 0 Å². The first-order valence-electron chi connectivity index (χ1n) is 7.67. The van der Waals surface area contributed by atoms with Crippen LogP contribution in [0.2, 0.25) is 0 Å². The fourth-order valence-corrected chi connectivity index (χ4v) is 2.75. The number of hydrogen-bond donors (Lipinski definition) is 2. The highest BCUT2D eigenvalue weighted by Crippen LogP contribution is 2.40. The van der Waals surface area contributed by atoms with Gasteiger partial charge in [-0.3, -0.25) is 15.0 Å². The van der Waals surface area contributed by atoms with Crippen LogP contribution in [-0.2, 0) is 14.3 Å². The van der Waals surface area contributed by atoms with E-state index in [4.69, 9.17) is 9.47 Å². The van der Waals surface area contributed by atoms with Crippen molar-refractivity contribution in [1.29, 1.82) is 0 Å². The Labute approximate surface area is 127 Å². The second-order valence-electron chi connectivity index (χ2n) is 6.11. The number of ether oxygens (including phenoxy) is 2. The molecule has 6 nitrogen and oxygen atoms in total. The lowest BCUT2D eigenvalue weighted by molar-refractivity contribution is -0.147. The second kappa shape index (κ2) is 8.68. The van der Waals surface area contributed by atoms with Gasteiger partial charge in [0.15, 0.2) is 0 Å². The van der Waals surface area contributed by atoms with Gasteiger partial charge in [0, 0.05) is 39.9 Å². The first kappa shape index (κ1) is 18.4. The molecule has 0 aliphatic heterocycles. The van der Waals surface area contributed by atoms with E-state index in [2.05, 4.69) is 10.2 Å². The summed E-state index contributed by atoms with van der Waals surface area (Å²) >= 11 is 0. The molecular weight excluding hydrogens is 272 g/mol. The second-order valence-corrected chi connectivity index (χ2v) is 6.11. The van der Waals surface area contributed by atoms with E-state index >= 15 is 0 Å². The number of nitrogens with zero attached hydrogens (tertiary/aromatic N) is 1. The van der Waals surface area contributed by atoms with E-state index in [-0.39, 0.29) is 12.0 Å². The van der Waals surface area contributed by atoms with E-state index in [1.165, 1.54) is 0 Å². The predicted molar refractivity (Wildman–Crippen MR) is 81.6 cm³/mol. The number of rotatable bonds is 12. The van der Waals surface area contributed by atoms with Crippen LogP contribution in [0.25, 0.3) is 0 Å². The molecule has 1 aliphatic carbocycles. The molecule has 1 aliphatic rings. The highest BCUT2D eigenvalue weighted by Gasteiger charge is 2.52. The molecule has 0 radical (unpaired) electrons. The van der Waals surface area contributed by atoms with Crippen molar-refractivity contribution in [2.45, 2.75) is 38.3 Å². The molecule has 6 heteroatoms. The minimum absolute atomic E-state index is 0.133. The van der Waals surface area contributed by atoms with Crippen LogP contribution in [0.1, 0.15) is 26.7 Å². The summed E-state index contributed by atoms with van der Waals surface area (Å²) in [5.74, 6) is -0.538. The summed E-state index contributed by atoms with van der Waals surface area (Å²) in [6, 6.07) is 0.133. The zero-order valence-electron chi connectivity index (χ0n) is 13.7. The van der Waals surface area contributed by atoms with Crippen molar-refractivity contribution in [3.63, 3.8) is 0 Å². The summed E-state index contributed by atoms with van der Waals surface area (Å²) in [5, 5.41) is 13.1. The van der Waals surface area contributed by atoms with Crippen molar-refractivity contribution in [3.05, 3.63) is 0 Å². The van der Waals surface area contributed by atoms with Crippen LogP contribution in [-0.4, -0.2) is 74.6 Å². The molecule has 124 valence electrons. The van der Waals surface area contributed by atoms with Gasteiger partial charge < -0.3 is 14.6 Å². The molecule has 1 atom stereocenters. The summed E-state index contributed by atoms with van der Waals surface area (Å²) in [7, 11) is 3.32. The molecule has 0 aromatic rings. The number of hydrogen-bond acceptors (Lipinski definition) is 5. The van der Waals surface area contributed by atoms with E-state index in [0.29, 0.717) is 32.8 Å². The Morgan fingerprint density at radius 3 is 2.14 bits per heavy atom. The molecule has 1 unspecified atom stereocenters. The number of methoxy groups -OCH3 is 2. The van der Waals surface area contributed by atoms with Crippen molar-refractivity contribution in [3.8, 4) is 0 Å². The van der Waals surface area contributed by atoms with Gasteiger partial charge in [0.25, 0.3) is 0 Å².